The molecule has 0 amide bonds. The fraction of sp³-hybridized carbons (Fsp3) is 0.927. The quantitative estimate of drug-likeness (QED) is 0.0645. The van der Waals surface area contributed by atoms with Crippen molar-refractivity contribution in [3.63, 3.8) is 0 Å². The standard InChI is InChI=1S/C55H88O23/c1-9-70-44(68)42-40(67)41(75-46-38(65)35(62)33(60)27(21-56)72-46)43(77-45-37(64)32(59)26(58)23-71-45)48(76-42)74-31-13-14-52(6)29(51(31,4)5)12-15-54(8)30(52)11-10-24-25-20-50(2,3)16-18-55(25,19-17-53(24,54)7)49(69)78-47-39(66)36(63)34(61)28(22-57)73-47/h10,25-43,45-48,56-67H,9,11-23H2,1-8H3. The van der Waals surface area contributed by atoms with Gasteiger partial charge in [0.15, 0.2) is 25.0 Å². The maximum atomic E-state index is 14.8. The highest BCUT2D eigenvalue weighted by atomic mass is 16.8. The van der Waals surface area contributed by atoms with E-state index in [-0.39, 0.29) is 46.0 Å². The predicted molar refractivity (Wildman–Crippen MR) is 266 cm³/mol. The normalized spacial score (nSPS) is 51.8. The second-order valence-electron chi connectivity index (χ2n) is 26.3. The van der Waals surface area contributed by atoms with Gasteiger partial charge in [0.25, 0.3) is 0 Å². The van der Waals surface area contributed by atoms with Gasteiger partial charge in [-0.3, -0.25) is 4.79 Å². The number of carbonyl (C=O) groups is 2. The van der Waals surface area contributed by atoms with Crippen LogP contribution >= 0.6 is 0 Å². The third-order valence-corrected chi connectivity index (χ3v) is 21.3. The monoisotopic (exact) mass is 1120 g/mol. The number of carbonyl (C=O) groups excluding carboxylic acids is 2. The lowest BCUT2D eigenvalue weighted by Crippen LogP contribution is -2.68. The SMILES string of the molecule is CCOC(=O)C1OC(OC2CCC3(C)C(CCC4(C)C3CC=C3C5CC(C)(C)CCC5(C(=O)OC5OC(CO)C(O)C(O)C5O)CCC34C)C2(C)C)C(OC2OCC(O)C(O)C2O)C(OC2OC(CO)C(O)C(O)C2O)C1O. The molecule has 4 aliphatic heterocycles. The predicted octanol–water partition coefficient (Wildman–Crippen LogP) is -0.825. The van der Waals surface area contributed by atoms with Crippen LogP contribution in [0, 0.1) is 50.2 Å². The highest BCUT2D eigenvalue weighted by Gasteiger charge is 2.70. The number of rotatable bonds is 12. The average Bonchev–Trinajstić information content (AvgIpc) is 2.47. The first-order chi connectivity index (χ1) is 36.5. The Hall–Kier alpha value is -2.08. The molecule has 0 aromatic rings. The Labute approximate surface area is 455 Å². The Morgan fingerprint density at radius 3 is 1.86 bits per heavy atom. The summed E-state index contributed by atoms with van der Waals surface area (Å²) in [6.07, 6.45) is -23.9. The van der Waals surface area contributed by atoms with Crippen molar-refractivity contribution in [1.29, 1.82) is 0 Å². The molecule has 78 heavy (non-hydrogen) atoms. The number of fused-ring (bicyclic) bond motifs is 7. The summed E-state index contributed by atoms with van der Waals surface area (Å²) in [6.45, 7) is 15.3. The molecular formula is C55H88O23. The number of ether oxygens (including phenoxy) is 9. The van der Waals surface area contributed by atoms with Gasteiger partial charge in [0, 0.05) is 0 Å². The lowest BCUT2D eigenvalue weighted by atomic mass is 9.33. The molecule has 23 heteroatoms. The minimum atomic E-state index is -1.97. The molecule has 23 nitrogen and oxygen atoms in total. The van der Waals surface area contributed by atoms with Crippen LogP contribution in [0.1, 0.15) is 120 Å². The fourth-order valence-electron chi connectivity index (χ4n) is 16.4. The second-order valence-corrected chi connectivity index (χ2v) is 26.3. The Bertz CT molecular complexity index is 2180. The number of hydrogen-bond donors (Lipinski definition) is 12. The minimum Gasteiger partial charge on any atom is -0.464 e. The molecule has 9 rings (SSSR count). The molecule has 0 aromatic carbocycles. The molecule has 12 N–H and O–H groups in total. The van der Waals surface area contributed by atoms with Crippen LogP contribution in [-0.2, 0) is 52.2 Å². The topological polar surface area (TPSA) is 360 Å². The van der Waals surface area contributed by atoms with Crippen LogP contribution < -0.4 is 0 Å². The van der Waals surface area contributed by atoms with Crippen molar-refractivity contribution in [2.45, 2.75) is 242 Å². The van der Waals surface area contributed by atoms with Crippen molar-refractivity contribution in [2.75, 3.05) is 26.4 Å². The van der Waals surface area contributed by atoms with E-state index in [9.17, 15) is 70.9 Å². The Balaban J connectivity index is 1.01. The van der Waals surface area contributed by atoms with Crippen LogP contribution in [0.15, 0.2) is 11.6 Å². The molecule has 27 atom stereocenters. The average molecular weight is 1120 g/mol. The van der Waals surface area contributed by atoms with Crippen LogP contribution in [0.3, 0.4) is 0 Å². The number of esters is 2. The van der Waals surface area contributed by atoms with Gasteiger partial charge in [-0.2, -0.15) is 0 Å². The van der Waals surface area contributed by atoms with Crippen molar-refractivity contribution in [1.82, 2.24) is 0 Å². The molecule has 0 spiro atoms. The summed E-state index contributed by atoms with van der Waals surface area (Å²) in [6, 6.07) is 0. The van der Waals surface area contributed by atoms with Crippen LogP contribution in [0.4, 0.5) is 0 Å². The summed E-state index contributed by atoms with van der Waals surface area (Å²) >= 11 is 0. The lowest BCUT2D eigenvalue weighted by molar-refractivity contribution is -0.391. The number of hydrogen-bond acceptors (Lipinski definition) is 23. The molecule has 8 fully saturated rings. The third-order valence-electron chi connectivity index (χ3n) is 21.3. The third kappa shape index (κ3) is 9.93. The molecule has 4 heterocycles. The van der Waals surface area contributed by atoms with Gasteiger partial charge in [-0.25, -0.2) is 4.79 Å². The van der Waals surface area contributed by atoms with Crippen molar-refractivity contribution in [2.24, 2.45) is 50.2 Å². The zero-order valence-electron chi connectivity index (χ0n) is 46.1. The van der Waals surface area contributed by atoms with Gasteiger partial charge >= 0.3 is 11.9 Å². The van der Waals surface area contributed by atoms with E-state index in [1.165, 1.54) is 5.57 Å². The lowest BCUT2D eigenvalue weighted by Gasteiger charge is -2.71. The van der Waals surface area contributed by atoms with Gasteiger partial charge in [-0.05, 0) is 116 Å². The van der Waals surface area contributed by atoms with Gasteiger partial charge < -0.3 is 104 Å². The van der Waals surface area contributed by atoms with Gasteiger partial charge in [-0.15, -0.1) is 0 Å². The van der Waals surface area contributed by atoms with Crippen molar-refractivity contribution in [3.8, 4) is 0 Å². The smallest absolute Gasteiger partial charge is 0.338 e. The first kappa shape index (κ1) is 60.5. The van der Waals surface area contributed by atoms with E-state index in [1.807, 2.05) is 0 Å². The zero-order chi connectivity index (χ0) is 57.0. The summed E-state index contributed by atoms with van der Waals surface area (Å²) in [5.74, 6) is -1.54. The van der Waals surface area contributed by atoms with Crippen molar-refractivity contribution >= 4 is 11.9 Å². The summed E-state index contributed by atoms with van der Waals surface area (Å²) < 4.78 is 54.3. The van der Waals surface area contributed by atoms with E-state index in [0.29, 0.717) is 32.1 Å². The van der Waals surface area contributed by atoms with Crippen LogP contribution in [-0.4, -0.2) is 222 Å². The molecule has 4 saturated carbocycles. The summed E-state index contributed by atoms with van der Waals surface area (Å²) in [4.78, 5) is 28.5. The van der Waals surface area contributed by atoms with Crippen molar-refractivity contribution in [3.05, 3.63) is 11.6 Å². The molecule has 27 unspecified atom stereocenters. The first-order valence-electron chi connectivity index (χ1n) is 28.2. The summed E-state index contributed by atoms with van der Waals surface area (Å²) in [5.41, 5.74) is -1.33. The van der Waals surface area contributed by atoms with E-state index in [1.54, 1.807) is 6.92 Å². The van der Waals surface area contributed by atoms with Gasteiger partial charge in [0.1, 0.15) is 85.5 Å². The number of allylic oxidation sites excluding steroid dienone is 2. The van der Waals surface area contributed by atoms with E-state index in [4.69, 9.17) is 42.6 Å². The van der Waals surface area contributed by atoms with Crippen LogP contribution in [0.2, 0.25) is 0 Å². The minimum absolute atomic E-state index is 0.0286. The molecule has 446 valence electrons. The molecule has 9 aliphatic rings. The Kier molecular flexibility index (Phi) is 17.2. The summed E-state index contributed by atoms with van der Waals surface area (Å²) in [7, 11) is 0. The Morgan fingerprint density at radius 2 is 1.22 bits per heavy atom. The molecule has 0 bridgehead atoms. The maximum absolute atomic E-state index is 14.8. The molecular weight excluding hydrogens is 1030 g/mol. The van der Waals surface area contributed by atoms with Crippen LogP contribution in [0.5, 0.6) is 0 Å². The van der Waals surface area contributed by atoms with Crippen LogP contribution in [0.25, 0.3) is 0 Å². The molecule has 5 aliphatic carbocycles. The number of aliphatic hydroxyl groups is 12. The zero-order valence-corrected chi connectivity index (χ0v) is 46.1. The van der Waals surface area contributed by atoms with E-state index >= 15 is 0 Å². The second kappa shape index (κ2) is 22.2. The van der Waals surface area contributed by atoms with Gasteiger partial charge in [0.2, 0.25) is 6.29 Å². The largest absolute Gasteiger partial charge is 0.464 e. The van der Waals surface area contributed by atoms with Gasteiger partial charge in [-0.1, -0.05) is 60.1 Å². The molecule has 4 saturated heterocycles. The maximum Gasteiger partial charge on any atom is 0.338 e. The van der Waals surface area contributed by atoms with E-state index in [2.05, 4.69) is 54.5 Å². The number of aliphatic hydroxyl groups excluding tert-OH is 12. The van der Waals surface area contributed by atoms with Crippen molar-refractivity contribution < 1.29 is 113 Å². The Morgan fingerprint density at radius 1 is 0.615 bits per heavy atom. The van der Waals surface area contributed by atoms with Gasteiger partial charge in [0.05, 0.1) is 37.9 Å². The molecule has 0 aromatic heterocycles. The fourth-order valence-corrected chi connectivity index (χ4v) is 16.4. The first-order valence-corrected chi connectivity index (χ1v) is 28.2. The van der Waals surface area contributed by atoms with E-state index < -0.39 is 165 Å². The summed E-state index contributed by atoms with van der Waals surface area (Å²) in [5, 5.41) is 128. The highest BCUT2D eigenvalue weighted by molar-refractivity contribution is 5.79. The molecule has 0 radical (unpaired) electrons. The van der Waals surface area contributed by atoms with E-state index in [0.717, 1.165) is 32.1 Å². The highest BCUT2D eigenvalue weighted by Crippen LogP contribution is 2.76.